The fourth-order valence-corrected chi connectivity index (χ4v) is 0.636. The van der Waals surface area contributed by atoms with E-state index in [9.17, 15) is 18.4 Å². The fraction of sp³-hybridized carbons (Fsp3) is 0.778. The molecule has 0 saturated heterocycles. The lowest BCUT2D eigenvalue weighted by Crippen LogP contribution is -2.28. The van der Waals surface area contributed by atoms with Gasteiger partial charge in [-0.15, -0.1) is 0 Å². The van der Waals surface area contributed by atoms with E-state index in [1.165, 1.54) is 0 Å². The van der Waals surface area contributed by atoms with Gasteiger partial charge in [-0.05, 0) is 13.3 Å². The highest BCUT2D eigenvalue weighted by Gasteiger charge is 2.33. The molecule has 0 aliphatic heterocycles. The fourth-order valence-electron chi connectivity index (χ4n) is 0.636. The molecule has 0 rings (SSSR count). The SMILES string of the molecule is CCC(C)OC(=O)CC(=O)C(C)(F)F. The number of rotatable bonds is 5. The van der Waals surface area contributed by atoms with E-state index in [1.807, 2.05) is 0 Å². The minimum absolute atomic E-state index is 0.347. The first kappa shape index (κ1) is 13.0. The summed E-state index contributed by atoms with van der Waals surface area (Å²) in [6.07, 6.45) is -0.628. The summed E-state index contributed by atoms with van der Waals surface area (Å²) in [5.41, 5.74) is 0. The van der Waals surface area contributed by atoms with Crippen LogP contribution in [-0.4, -0.2) is 23.8 Å². The van der Waals surface area contributed by atoms with Gasteiger partial charge in [-0.25, -0.2) is 0 Å². The number of ether oxygens (including phenoxy) is 1. The van der Waals surface area contributed by atoms with E-state index in [2.05, 4.69) is 4.74 Å². The molecule has 82 valence electrons. The van der Waals surface area contributed by atoms with Gasteiger partial charge >= 0.3 is 11.9 Å². The smallest absolute Gasteiger partial charge is 0.313 e. The highest BCUT2D eigenvalue weighted by molar-refractivity contribution is 5.99. The van der Waals surface area contributed by atoms with Gasteiger partial charge in [0, 0.05) is 6.92 Å². The molecule has 1 atom stereocenters. The van der Waals surface area contributed by atoms with Gasteiger partial charge in [0.1, 0.15) is 6.42 Å². The maximum atomic E-state index is 12.3. The second-order valence-corrected chi connectivity index (χ2v) is 3.20. The minimum Gasteiger partial charge on any atom is -0.462 e. The Hall–Kier alpha value is -1.00. The van der Waals surface area contributed by atoms with Crippen molar-refractivity contribution in [1.82, 2.24) is 0 Å². The number of hydrogen-bond acceptors (Lipinski definition) is 3. The zero-order chi connectivity index (χ0) is 11.4. The normalized spacial score (nSPS) is 13.5. The molecule has 0 fully saturated rings. The zero-order valence-electron chi connectivity index (χ0n) is 8.47. The third-order valence-electron chi connectivity index (χ3n) is 1.70. The Bertz CT molecular complexity index is 221. The van der Waals surface area contributed by atoms with Crippen LogP contribution in [0.4, 0.5) is 8.78 Å². The van der Waals surface area contributed by atoms with Crippen molar-refractivity contribution in [3.8, 4) is 0 Å². The van der Waals surface area contributed by atoms with E-state index in [1.54, 1.807) is 13.8 Å². The average Bonchev–Trinajstić information content (AvgIpc) is 2.02. The van der Waals surface area contributed by atoms with Gasteiger partial charge in [-0.3, -0.25) is 9.59 Å². The molecule has 0 aromatic heterocycles. The van der Waals surface area contributed by atoms with Gasteiger partial charge < -0.3 is 4.74 Å². The lowest BCUT2D eigenvalue weighted by atomic mass is 10.2. The van der Waals surface area contributed by atoms with Crippen molar-refractivity contribution in [2.45, 2.75) is 45.6 Å². The second-order valence-electron chi connectivity index (χ2n) is 3.20. The quantitative estimate of drug-likeness (QED) is 0.512. The van der Waals surface area contributed by atoms with Crippen LogP contribution in [-0.2, 0) is 14.3 Å². The first-order valence-electron chi connectivity index (χ1n) is 4.38. The molecule has 3 nitrogen and oxygen atoms in total. The minimum atomic E-state index is -3.46. The van der Waals surface area contributed by atoms with Crippen molar-refractivity contribution in [3.63, 3.8) is 0 Å². The molecule has 1 unspecified atom stereocenters. The Morgan fingerprint density at radius 1 is 1.43 bits per heavy atom. The maximum absolute atomic E-state index is 12.3. The van der Waals surface area contributed by atoms with E-state index in [4.69, 9.17) is 0 Å². The van der Waals surface area contributed by atoms with Crippen molar-refractivity contribution < 1.29 is 23.1 Å². The van der Waals surface area contributed by atoms with Crippen molar-refractivity contribution in [2.24, 2.45) is 0 Å². The summed E-state index contributed by atoms with van der Waals surface area (Å²) in [5.74, 6) is -5.77. The van der Waals surface area contributed by atoms with E-state index in [0.29, 0.717) is 13.3 Å². The number of carbonyl (C=O) groups is 2. The van der Waals surface area contributed by atoms with Crippen LogP contribution in [0, 0.1) is 0 Å². The summed E-state index contributed by atoms with van der Waals surface area (Å²) in [7, 11) is 0. The van der Waals surface area contributed by atoms with Crippen LogP contribution in [0.15, 0.2) is 0 Å². The molecular weight excluding hydrogens is 194 g/mol. The lowest BCUT2D eigenvalue weighted by molar-refractivity contribution is -0.155. The molecule has 0 aromatic carbocycles. The summed E-state index contributed by atoms with van der Waals surface area (Å²) in [5, 5.41) is 0. The number of carbonyl (C=O) groups excluding carboxylic acids is 2. The van der Waals surface area contributed by atoms with Crippen LogP contribution in [0.5, 0.6) is 0 Å². The summed E-state index contributed by atoms with van der Waals surface area (Å²) in [4.78, 5) is 21.6. The van der Waals surface area contributed by atoms with Gasteiger partial charge in [0.05, 0.1) is 6.10 Å². The molecular formula is C9H14F2O3. The van der Waals surface area contributed by atoms with Gasteiger partial charge in [0.2, 0.25) is 5.78 Å². The molecule has 0 aliphatic rings. The lowest BCUT2D eigenvalue weighted by Gasteiger charge is -2.12. The average molecular weight is 208 g/mol. The Balaban J connectivity index is 4.02. The molecule has 0 spiro atoms. The Labute approximate surface area is 81.4 Å². The molecule has 0 N–H and O–H groups in total. The van der Waals surface area contributed by atoms with Crippen LogP contribution in [0.3, 0.4) is 0 Å². The molecule has 0 aromatic rings. The maximum Gasteiger partial charge on any atom is 0.313 e. The number of esters is 1. The Morgan fingerprint density at radius 2 is 1.93 bits per heavy atom. The Kier molecular flexibility index (Phi) is 4.67. The largest absolute Gasteiger partial charge is 0.462 e. The molecule has 5 heteroatoms. The first-order valence-corrected chi connectivity index (χ1v) is 4.38. The summed E-state index contributed by atoms with van der Waals surface area (Å²) < 4.78 is 29.3. The standard InChI is InChI=1S/C9H14F2O3/c1-4-6(2)14-8(13)5-7(12)9(3,10)11/h6H,4-5H2,1-3H3. The second kappa shape index (κ2) is 5.02. The molecule has 0 heterocycles. The summed E-state index contributed by atoms with van der Waals surface area (Å²) in [6, 6.07) is 0. The summed E-state index contributed by atoms with van der Waals surface area (Å²) in [6.45, 7) is 3.88. The van der Waals surface area contributed by atoms with Crippen LogP contribution in [0.25, 0.3) is 0 Å². The highest BCUT2D eigenvalue weighted by Crippen LogP contribution is 2.15. The van der Waals surface area contributed by atoms with E-state index >= 15 is 0 Å². The molecule has 0 aliphatic carbocycles. The number of hydrogen-bond donors (Lipinski definition) is 0. The highest BCUT2D eigenvalue weighted by atomic mass is 19.3. The number of Topliss-reactive ketones (excluding diaryl/α,β-unsaturated/α-hetero) is 1. The van der Waals surface area contributed by atoms with Crippen LogP contribution in [0.1, 0.15) is 33.6 Å². The van der Waals surface area contributed by atoms with Crippen molar-refractivity contribution in [3.05, 3.63) is 0 Å². The zero-order valence-corrected chi connectivity index (χ0v) is 8.47. The van der Waals surface area contributed by atoms with Crippen LogP contribution >= 0.6 is 0 Å². The number of alkyl halides is 2. The topological polar surface area (TPSA) is 43.4 Å². The molecule has 0 saturated carbocycles. The van der Waals surface area contributed by atoms with Crippen LogP contribution in [0.2, 0.25) is 0 Å². The monoisotopic (exact) mass is 208 g/mol. The van der Waals surface area contributed by atoms with Crippen molar-refractivity contribution in [2.75, 3.05) is 0 Å². The van der Waals surface area contributed by atoms with E-state index < -0.39 is 24.1 Å². The van der Waals surface area contributed by atoms with E-state index in [-0.39, 0.29) is 6.10 Å². The van der Waals surface area contributed by atoms with Gasteiger partial charge in [-0.1, -0.05) is 6.92 Å². The van der Waals surface area contributed by atoms with Crippen molar-refractivity contribution in [1.29, 1.82) is 0 Å². The summed E-state index contributed by atoms with van der Waals surface area (Å²) >= 11 is 0. The van der Waals surface area contributed by atoms with Gasteiger partial charge in [0.25, 0.3) is 0 Å². The predicted molar refractivity (Wildman–Crippen MR) is 46.1 cm³/mol. The first-order chi connectivity index (χ1) is 6.27. The molecule has 0 radical (unpaired) electrons. The number of halogens is 2. The van der Waals surface area contributed by atoms with Crippen molar-refractivity contribution >= 4 is 11.8 Å². The number of ketones is 1. The van der Waals surface area contributed by atoms with Gasteiger partial charge in [0.15, 0.2) is 0 Å². The Morgan fingerprint density at radius 3 is 2.29 bits per heavy atom. The molecule has 0 amide bonds. The predicted octanol–water partition coefficient (Wildman–Crippen LogP) is 1.94. The van der Waals surface area contributed by atoms with Gasteiger partial charge in [-0.2, -0.15) is 8.78 Å². The molecule has 0 bridgehead atoms. The third-order valence-corrected chi connectivity index (χ3v) is 1.70. The molecule has 14 heavy (non-hydrogen) atoms. The van der Waals surface area contributed by atoms with Crippen LogP contribution < -0.4 is 0 Å². The van der Waals surface area contributed by atoms with E-state index in [0.717, 1.165) is 0 Å². The third kappa shape index (κ3) is 4.89.